The van der Waals surface area contributed by atoms with E-state index in [0.29, 0.717) is 12.4 Å². The molecule has 2 aromatic rings. The monoisotopic (exact) mass is 389 g/mol. The minimum atomic E-state index is -0.556. The van der Waals surface area contributed by atoms with Crippen LogP contribution in [0.4, 0.5) is 4.79 Å². The summed E-state index contributed by atoms with van der Waals surface area (Å²) in [6.07, 6.45) is 1.49. The first-order chi connectivity index (χ1) is 12.8. The Morgan fingerprint density at radius 3 is 2.70 bits per heavy atom. The average Bonchev–Trinajstić information content (AvgIpc) is 3.27. The molecule has 0 radical (unpaired) electrons. The molecule has 1 saturated heterocycles. The Labute approximate surface area is 164 Å². The lowest BCUT2D eigenvalue weighted by Gasteiger charge is -2.35. The Bertz CT molecular complexity index is 731. The van der Waals surface area contributed by atoms with Gasteiger partial charge in [-0.2, -0.15) is 5.06 Å². The topological polar surface area (TPSA) is 68.8 Å². The van der Waals surface area contributed by atoms with E-state index in [2.05, 4.69) is 4.98 Å². The molecule has 2 atom stereocenters. The first-order valence-electron chi connectivity index (χ1n) is 9.05. The highest BCUT2D eigenvalue weighted by Gasteiger charge is 2.41. The van der Waals surface area contributed by atoms with Gasteiger partial charge in [-0.3, -0.25) is 4.90 Å². The van der Waals surface area contributed by atoms with Crippen LogP contribution >= 0.6 is 11.8 Å². The molecule has 7 heteroatoms. The van der Waals surface area contributed by atoms with Crippen LogP contribution in [0.2, 0.25) is 0 Å². The van der Waals surface area contributed by atoms with Gasteiger partial charge in [-0.15, -0.1) is 11.8 Å². The van der Waals surface area contributed by atoms with E-state index in [9.17, 15) is 10.0 Å². The number of hydrogen-bond acceptors (Lipinski definition) is 5. The fourth-order valence-electron chi connectivity index (χ4n) is 3.19. The van der Waals surface area contributed by atoms with E-state index < -0.39 is 5.60 Å². The Hall–Kier alpha value is -1.96. The van der Waals surface area contributed by atoms with Crippen molar-refractivity contribution in [2.75, 3.05) is 11.6 Å². The van der Waals surface area contributed by atoms with Crippen LogP contribution in [0.3, 0.4) is 0 Å². The van der Waals surface area contributed by atoms with Crippen molar-refractivity contribution in [1.82, 2.24) is 14.9 Å². The number of aromatic amines is 1. The predicted octanol–water partition coefficient (Wildman–Crippen LogP) is 4.26. The van der Waals surface area contributed by atoms with Gasteiger partial charge in [-0.05, 0) is 38.5 Å². The van der Waals surface area contributed by atoms with Gasteiger partial charge < -0.3 is 14.9 Å². The molecule has 0 spiro atoms. The Morgan fingerprint density at radius 2 is 2.07 bits per heavy atom. The second-order valence-electron chi connectivity index (χ2n) is 7.67. The molecule has 1 fully saturated rings. The van der Waals surface area contributed by atoms with Crippen LogP contribution in [0.25, 0.3) is 0 Å². The molecule has 1 aromatic carbocycles. The number of hydroxylamine groups is 2. The zero-order valence-electron chi connectivity index (χ0n) is 16.0. The molecule has 3 rings (SSSR count). The molecule has 1 aliphatic rings. The van der Waals surface area contributed by atoms with Crippen molar-refractivity contribution in [3.63, 3.8) is 0 Å². The van der Waals surface area contributed by atoms with Gasteiger partial charge in [0.05, 0.1) is 18.0 Å². The van der Waals surface area contributed by atoms with Gasteiger partial charge in [0.25, 0.3) is 0 Å². The maximum atomic E-state index is 12.7. The number of benzene rings is 1. The second-order valence-corrected chi connectivity index (χ2v) is 8.67. The maximum absolute atomic E-state index is 12.7. The fourth-order valence-corrected chi connectivity index (χ4v) is 4.39. The maximum Gasteiger partial charge on any atom is 0.411 e. The molecule has 0 saturated carbocycles. The standard InChI is InChI=1S/C20H27N3O3S/c1-20(2,3)26-19(24)22-14-27-13-17(22)18(16-10-7-11-21-16)23(25)12-15-8-5-4-6-9-15/h4-11,17-18,21,25H,12-14H2,1-3H3/t17-,18+/m0/s1. The van der Waals surface area contributed by atoms with Crippen molar-refractivity contribution in [3.8, 4) is 0 Å². The zero-order chi connectivity index (χ0) is 19.4. The number of ether oxygens (including phenoxy) is 1. The van der Waals surface area contributed by atoms with Crippen LogP contribution in [0.5, 0.6) is 0 Å². The minimum Gasteiger partial charge on any atom is -0.444 e. The highest BCUT2D eigenvalue weighted by atomic mass is 32.2. The van der Waals surface area contributed by atoms with E-state index in [1.54, 1.807) is 16.7 Å². The number of thioether (sulfide) groups is 1. The third-order valence-corrected chi connectivity index (χ3v) is 5.40. The molecule has 0 bridgehead atoms. The number of nitrogens with zero attached hydrogens (tertiary/aromatic N) is 2. The van der Waals surface area contributed by atoms with Gasteiger partial charge in [0.2, 0.25) is 0 Å². The summed E-state index contributed by atoms with van der Waals surface area (Å²) in [5, 5.41) is 12.3. The summed E-state index contributed by atoms with van der Waals surface area (Å²) in [6, 6.07) is 13.1. The molecule has 6 nitrogen and oxygen atoms in total. The highest BCUT2D eigenvalue weighted by Crippen LogP contribution is 2.35. The van der Waals surface area contributed by atoms with Crippen molar-refractivity contribution in [2.45, 2.75) is 45.0 Å². The third-order valence-electron chi connectivity index (χ3n) is 4.36. The molecule has 1 aliphatic heterocycles. The highest BCUT2D eigenvalue weighted by molar-refractivity contribution is 7.99. The molecule has 0 unspecified atom stereocenters. The molecule has 2 N–H and O–H groups in total. The first-order valence-corrected chi connectivity index (χ1v) is 10.2. The quantitative estimate of drug-likeness (QED) is 0.748. The molecular weight excluding hydrogens is 362 g/mol. The lowest BCUT2D eigenvalue weighted by molar-refractivity contribution is -0.152. The van der Waals surface area contributed by atoms with Crippen molar-refractivity contribution < 1.29 is 14.7 Å². The average molecular weight is 390 g/mol. The van der Waals surface area contributed by atoms with E-state index in [0.717, 1.165) is 17.0 Å². The summed E-state index contributed by atoms with van der Waals surface area (Å²) >= 11 is 1.67. The number of hydrogen-bond donors (Lipinski definition) is 2. The molecule has 1 amide bonds. The number of nitrogens with one attached hydrogen (secondary N) is 1. The molecule has 146 valence electrons. The Kier molecular flexibility index (Phi) is 6.14. The van der Waals surface area contributed by atoms with Gasteiger partial charge in [-0.25, -0.2) is 4.79 Å². The largest absolute Gasteiger partial charge is 0.444 e. The number of rotatable bonds is 5. The van der Waals surface area contributed by atoms with E-state index in [-0.39, 0.29) is 18.2 Å². The number of amides is 1. The van der Waals surface area contributed by atoms with E-state index in [1.165, 1.54) is 5.06 Å². The van der Waals surface area contributed by atoms with Crippen molar-refractivity contribution in [1.29, 1.82) is 0 Å². The second kappa shape index (κ2) is 8.37. The van der Waals surface area contributed by atoms with Gasteiger partial charge in [0, 0.05) is 24.2 Å². The SMILES string of the molecule is CC(C)(C)OC(=O)N1CSC[C@H]1[C@@H](c1ccc[nH]1)N(O)Cc1ccccc1. The van der Waals surface area contributed by atoms with Gasteiger partial charge in [-0.1, -0.05) is 30.3 Å². The number of carbonyl (C=O) groups is 1. The van der Waals surface area contributed by atoms with Crippen LogP contribution in [-0.2, 0) is 11.3 Å². The number of carbonyl (C=O) groups excluding carboxylic acids is 1. The lowest BCUT2D eigenvalue weighted by Crippen LogP contribution is -2.47. The van der Waals surface area contributed by atoms with Gasteiger partial charge >= 0.3 is 6.09 Å². The predicted molar refractivity (Wildman–Crippen MR) is 106 cm³/mol. The van der Waals surface area contributed by atoms with Crippen LogP contribution < -0.4 is 0 Å². The van der Waals surface area contributed by atoms with E-state index >= 15 is 0 Å². The van der Waals surface area contributed by atoms with Crippen LogP contribution in [0, 0.1) is 0 Å². The summed E-state index contributed by atoms with van der Waals surface area (Å²) < 4.78 is 5.58. The summed E-state index contributed by atoms with van der Waals surface area (Å²) in [5.74, 6) is 1.28. The molecule has 0 aliphatic carbocycles. The molecule has 1 aromatic heterocycles. The lowest BCUT2D eigenvalue weighted by atomic mass is 10.0. The van der Waals surface area contributed by atoms with Crippen LogP contribution in [0.1, 0.15) is 38.1 Å². The minimum absolute atomic E-state index is 0.197. The summed E-state index contributed by atoms with van der Waals surface area (Å²) in [7, 11) is 0. The number of H-pyrrole nitrogens is 1. The Morgan fingerprint density at radius 1 is 1.33 bits per heavy atom. The first kappa shape index (κ1) is 19.8. The zero-order valence-corrected chi connectivity index (χ0v) is 16.8. The molecule has 27 heavy (non-hydrogen) atoms. The summed E-state index contributed by atoms with van der Waals surface area (Å²) in [4.78, 5) is 17.6. The van der Waals surface area contributed by atoms with Crippen LogP contribution in [-0.4, -0.2) is 49.5 Å². The van der Waals surface area contributed by atoms with Crippen molar-refractivity contribution in [3.05, 3.63) is 59.9 Å². The third kappa shape index (κ3) is 5.06. The smallest absolute Gasteiger partial charge is 0.411 e. The van der Waals surface area contributed by atoms with Gasteiger partial charge in [0.15, 0.2) is 0 Å². The van der Waals surface area contributed by atoms with Crippen LogP contribution in [0.15, 0.2) is 48.7 Å². The summed E-state index contributed by atoms with van der Waals surface area (Å²) in [6.45, 7) is 5.95. The Balaban J connectivity index is 1.83. The summed E-state index contributed by atoms with van der Waals surface area (Å²) in [5.41, 5.74) is 1.32. The molecular formula is C20H27N3O3S. The van der Waals surface area contributed by atoms with E-state index in [4.69, 9.17) is 4.74 Å². The number of aromatic nitrogens is 1. The fraction of sp³-hybridized carbons (Fsp3) is 0.450. The van der Waals surface area contributed by atoms with Crippen molar-refractivity contribution in [2.24, 2.45) is 0 Å². The molecule has 2 heterocycles. The van der Waals surface area contributed by atoms with Crippen molar-refractivity contribution >= 4 is 17.9 Å². The van der Waals surface area contributed by atoms with E-state index in [1.807, 2.05) is 69.4 Å². The van der Waals surface area contributed by atoms with Gasteiger partial charge in [0.1, 0.15) is 5.60 Å². The normalized spacial score (nSPS) is 18.7.